The maximum absolute atomic E-state index is 13.2. The summed E-state index contributed by atoms with van der Waals surface area (Å²) >= 11 is 13.0. The van der Waals surface area contributed by atoms with Gasteiger partial charge in [0.05, 0.1) is 22.3 Å². The lowest BCUT2D eigenvalue weighted by Crippen LogP contribution is -2.44. The molecule has 2 heterocycles. The van der Waals surface area contributed by atoms with Crippen molar-refractivity contribution in [1.82, 2.24) is 9.21 Å². The molecule has 0 aromatic heterocycles. The minimum atomic E-state index is -3.83. The first-order valence-electron chi connectivity index (χ1n) is 10.0. The first-order valence-corrected chi connectivity index (χ1v) is 12.2. The first-order chi connectivity index (χ1) is 13.4. The third kappa shape index (κ3) is 4.86. The van der Waals surface area contributed by atoms with Gasteiger partial charge in [0.2, 0.25) is 10.0 Å². The number of sulfonamides is 1. The fraction of sp³-hybridized carbons (Fsp3) is 0.700. The Balaban J connectivity index is 1.82. The first kappa shape index (κ1) is 23.1. The van der Waals surface area contributed by atoms with Crippen LogP contribution in [-0.2, 0) is 14.8 Å². The smallest absolute Gasteiger partial charge is 0.246 e. The molecule has 3 rings (SSSR count). The molecule has 0 amide bonds. The summed E-state index contributed by atoms with van der Waals surface area (Å²) in [5, 5.41) is 0.331. The quantitative estimate of drug-likeness (QED) is 0.616. The van der Waals surface area contributed by atoms with E-state index in [1.54, 1.807) is 19.1 Å². The molecule has 9 heteroatoms. The summed E-state index contributed by atoms with van der Waals surface area (Å²) in [6.07, 6.45) is 1.11. The third-order valence-electron chi connectivity index (χ3n) is 5.66. The van der Waals surface area contributed by atoms with Gasteiger partial charge in [0.25, 0.3) is 0 Å². The Hall–Kier alpha value is -0.570. The average molecular weight is 464 g/mol. The molecule has 0 unspecified atom stereocenters. The highest BCUT2D eigenvalue weighted by molar-refractivity contribution is 7.89. The Bertz CT molecular complexity index is 832. The van der Waals surface area contributed by atoms with Crippen molar-refractivity contribution in [2.24, 2.45) is 0 Å². The van der Waals surface area contributed by atoms with E-state index in [-0.39, 0.29) is 27.1 Å². The standard InChI is InChI=1S/C20H31Cl2N3O3S/c1-6-24(7-8-28-20(2,3)4)29(26,27)19-17(21)10-14(11-18(19)22)25-13-15-9-16(25)12-23(15)5/h10-11,15-16H,6-9,12-13H2,1-5H3/t15-,16-/m0/s1. The van der Waals surface area contributed by atoms with E-state index in [0.29, 0.717) is 25.2 Å². The zero-order valence-electron chi connectivity index (χ0n) is 17.8. The molecule has 0 aliphatic carbocycles. The van der Waals surface area contributed by atoms with Crippen LogP contribution in [-0.4, -0.2) is 75.1 Å². The molecule has 2 aliphatic rings. The van der Waals surface area contributed by atoms with Crippen molar-refractivity contribution in [1.29, 1.82) is 0 Å². The van der Waals surface area contributed by atoms with Crippen molar-refractivity contribution in [3.05, 3.63) is 22.2 Å². The molecule has 1 aromatic rings. The lowest BCUT2D eigenvalue weighted by Gasteiger charge is -2.34. The van der Waals surface area contributed by atoms with E-state index in [9.17, 15) is 8.42 Å². The molecule has 0 saturated carbocycles. The van der Waals surface area contributed by atoms with Crippen LogP contribution in [0.1, 0.15) is 34.1 Å². The maximum atomic E-state index is 13.2. The van der Waals surface area contributed by atoms with Gasteiger partial charge in [0.1, 0.15) is 4.90 Å². The van der Waals surface area contributed by atoms with E-state index in [1.165, 1.54) is 4.31 Å². The van der Waals surface area contributed by atoms with Gasteiger partial charge < -0.3 is 9.64 Å². The van der Waals surface area contributed by atoms with Crippen LogP contribution >= 0.6 is 23.2 Å². The van der Waals surface area contributed by atoms with Crippen LogP contribution in [0.25, 0.3) is 0 Å². The van der Waals surface area contributed by atoms with Crippen molar-refractivity contribution in [3.63, 3.8) is 0 Å². The minimum Gasteiger partial charge on any atom is -0.374 e. The lowest BCUT2D eigenvalue weighted by atomic mass is 10.2. The summed E-state index contributed by atoms with van der Waals surface area (Å²) in [5.41, 5.74) is 0.558. The van der Waals surface area contributed by atoms with Crippen molar-refractivity contribution in [2.45, 2.75) is 56.7 Å². The molecule has 164 valence electrons. The molecular formula is C20H31Cl2N3O3S. The molecule has 0 spiro atoms. The van der Waals surface area contributed by atoms with Gasteiger partial charge in [-0.05, 0) is 46.4 Å². The number of likely N-dealkylation sites (tertiary alicyclic amines) is 1. The number of likely N-dealkylation sites (N-methyl/N-ethyl adjacent to an activating group) is 2. The van der Waals surface area contributed by atoms with E-state index in [4.69, 9.17) is 27.9 Å². The summed E-state index contributed by atoms with van der Waals surface area (Å²) in [6, 6.07) is 4.42. The topological polar surface area (TPSA) is 53.1 Å². The van der Waals surface area contributed by atoms with Crippen molar-refractivity contribution >= 4 is 38.9 Å². The molecule has 0 N–H and O–H groups in total. The Labute approximate surface area is 184 Å². The SMILES string of the molecule is CCN(CCOC(C)(C)C)S(=O)(=O)c1c(Cl)cc(N2C[C@@H]3C[C@H]2CN3C)cc1Cl. The van der Waals surface area contributed by atoms with Crippen LogP contribution in [0.4, 0.5) is 5.69 Å². The number of nitrogens with zero attached hydrogens (tertiary/aromatic N) is 3. The summed E-state index contributed by atoms with van der Waals surface area (Å²) in [4.78, 5) is 4.62. The van der Waals surface area contributed by atoms with E-state index in [0.717, 1.165) is 25.2 Å². The molecule has 1 aromatic carbocycles. The molecule has 2 atom stereocenters. The van der Waals surface area contributed by atoms with Gasteiger partial charge in [-0.3, -0.25) is 4.90 Å². The molecule has 6 nitrogen and oxygen atoms in total. The average Bonchev–Trinajstić information content (AvgIpc) is 3.16. The Kier molecular flexibility index (Phi) is 6.78. The lowest BCUT2D eigenvalue weighted by molar-refractivity contribution is -0.00630. The highest BCUT2D eigenvalue weighted by Crippen LogP contribution is 2.40. The second-order valence-corrected chi connectivity index (χ2v) is 11.5. The molecule has 29 heavy (non-hydrogen) atoms. The number of hydrogen-bond donors (Lipinski definition) is 0. The largest absolute Gasteiger partial charge is 0.374 e. The summed E-state index contributed by atoms with van der Waals surface area (Å²) in [5.74, 6) is 0. The van der Waals surface area contributed by atoms with Crippen LogP contribution < -0.4 is 4.90 Å². The number of rotatable bonds is 7. The molecule has 2 bridgehead atoms. The monoisotopic (exact) mass is 463 g/mol. The third-order valence-corrected chi connectivity index (χ3v) is 8.55. The second kappa shape index (κ2) is 8.52. The number of ether oxygens (including phenoxy) is 1. The number of fused-ring (bicyclic) bond motifs is 2. The van der Waals surface area contributed by atoms with Crippen molar-refractivity contribution in [3.8, 4) is 0 Å². The van der Waals surface area contributed by atoms with Gasteiger partial charge in [0, 0.05) is 44.0 Å². The summed E-state index contributed by atoms with van der Waals surface area (Å²) in [6.45, 7) is 10.4. The van der Waals surface area contributed by atoms with Gasteiger partial charge in [0.15, 0.2) is 0 Å². The normalized spacial score (nSPS) is 22.8. The molecular weight excluding hydrogens is 433 g/mol. The molecule has 2 aliphatic heterocycles. The van der Waals surface area contributed by atoms with Crippen molar-refractivity contribution < 1.29 is 13.2 Å². The second-order valence-electron chi connectivity index (χ2n) is 8.83. The van der Waals surface area contributed by atoms with E-state index >= 15 is 0 Å². The fourth-order valence-electron chi connectivity index (χ4n) is 4.17. The van der Waals surface area contributed by atoms with Crippen molar-refractivity contribution in [2.75, 3.05) is 44.7 Å². The zero-order chi connectivity index (χ0) is 21.6. The van der Waals surface area contributed by atoms with Crippen LogP contribution in [0.5, 0.6) is 0 Å². The van der Waals surface area contributed by atoms with Gasteiger partial charge >= 0.3 is 0 Å². The molecule has 2 fully saturated rings. The van der Waals surface area contributed by atoms with E-state index in [1.807, 2.05) is 20.8 Å². The highest BCUT2D eigenvalue weighted by atomic mass is 35.5. The number of hydrogen-bond acceptors (Lipinski definition) is 5. The molecule has 0 radical (unpaired) electrons. The van der Waals surface area contributed by atoms with Crippen LogP contribution in [0.15, 0.2) is 17.0 Å². The maximum Gasteiger partial charge on any atom is 0.246 e. The highest BCUT2D eigenvalue weighted by Gasteiger charge is 2.42. The van der Waals surface area contributed by atoms with Crippen LogP contribution in [0, 0.1) is 0 Å². The fourth-order valence-corrected chi connectivity index (χ4v) is 6.76. The molecule has 2 saturated heterocycles. The van der Waals surface area contributed by atoms with Gasteiger partial charge in [-0.25, -0.2) is 8.42 Å². The summed E-state index contributed by atoms with van der Waals surface area (Å²) < 4.78 is 33.5. The number of halogens is 2. The number of anilines is 1. The minimum absolute atomic E-state index is 0.0244. The van der Waals surface area contributed by atoms with E-state index < -0.39 is 10.0 Å². The predicted molar refractivity (Wildman–Crippen MR) is 119 cm³/mol. The zero-order valence-corrected chi connectivity index (χ0v) is 20.1. The van der Waals surface area contributed by atoms with Crippen LogP contribution in [0.2, 0.25) is 10.0 Å². The van der Waals surface area contributed by atoms with Gasteiger partial charge in [-0.2, -0.15) is 4.31 Å². The Morgan fingerprint density at radius 1 is 1.17 bits per heavy atom. The van der Waals surface area contributed by atoms with Gasteiger partial charge in [-0.1, -0.05) is 30.1 Å². The predicted octanol–water partition coefficient (Wildman–Crippen LogP) is 3.71. The number of benzene rings is 1. The Morgan fingerprint density at radius 2 is 1.79 bits per heavy atom. The van der Waals surface area contributed by atoms with Gasteiger partial charge in [-0.15, -0.1) is 0 Å². The summed E-state index contributed by atoms with van der Waals surface area (Å²) in [7, 11) is -1.69. The van der Waals surface area contributed by atoms with E-state index in [2.05, 4.69) is 16.8 Å². The Morgan fingerprint density at radius 3 is 2.24 bits per heavy atom. The number of piperazine rings is 1. The van der Waals surface area contributed by atoms with Crippen LogP contribution in [0.3, 0.4) is 0 Å².